The molecule has 4 aliphatic carbocycles. The first-order valence-electron chi connectivity index (χ1n) is 9.28. The van der Waals surface area contributed by atoms with E-state index in [2.05, 4.69) is 19.0 Å². The maximum Gasteiger partial charge on any atom is 0.139 e. The molecular formula is C19H27NO4. The Kier molecular flexibility index (Phi) is 3.48. The highest BCUT2D eigenvalue weighted by molar-refractivity contribution is 5.97. The highest BCUT2D eigenvalue weighted by Crippen LogP contribution is 2.64. The van der Waals surface area contributed by atoms with Gasteiger partial charge in [0, 0.05) is 30.6 Å². The van der Waals surface area contributed by atoms with Gasteiger partial charge in [-0.2, -0.15) is 0 Å². The highest BCUT2D eigenvalue weighted by atomic mass is 16.4. The third-order valence-electron chi connectivity index (χ3n) is 8.20. The fraction of sp³-hybridized carbons (Fsp3) is 0.842. The SMILES string of the molecule is C[C@]12CCC(=O)CC1/C(=N/O)[C@@H](O)[C@@H]1[C@@H]2CC[C@]2(C)C(=O)CC[C@@H]12. The van der Waals surface area contributed by atoms with Crippen molar-refractivity contribution in [3.05, 3.63) is 0 Å². The number of carbonyl (C=O) groups is 2. The molecule has 4 fully saturated rings. The summed E-state index contributed by atoms with van der Waals surface area (Å²) in [6, 6.07) is 0. The summed E-state index contributed by atoms with van der Waals surface area (Å²) < 4.78 is 0. The summed E-state index contributed by atoms with van der Waals surface area (Å²) in [6.07, 6.45) is 4.13. The number of nitrogens with zero attached hydrogens (tertiary/aromatic N) is 1. The van der Waals surface area contributed by atoms with Gasteiger partial charge in [-0.25, -0.2) is 0 Å². The first kappa shape index (κ1) is 16.2. The second kappa shape index (κ2) is 5.13. The third kappa shape index (κ3) is 1.88. The maximum atomic E-state index is 12.5. The number of aliphatic hydroxyl groups is 1. The largest absolute Gasteiger partial charge is 0.411 e. The molecule has 0 aliphatic heterocycles. The number of fused-ring (bicyclic) bond motifs is 5. The predicted molar refractivity (Wildman–Crippen MR) is 87.7 cm³/mol. The summed E-state index contributed by atoms with van der Waals surface area (Å²) >= 11 is 0. The Balaban J connectivity index is 1.79. The van der Waals surface area contributed by atoms with E-state index in [1.807, 2.05) is 0 Å². The molecular weight excluding hydrogens is 306 g/mol. The van der Waals surface area contributed by atoms with Crippen LogP contribution in [-0.2, 0) is 9.59 Å². The van der Waals surface area contributed by atoms with Gasteiger partial charge in [0.1, 0.15) is 11.6 Å². The number of rotatable bonds is 0. The second-order valence-corrected chi connectivity index (χ2v) is 8.98. The zero-order chi connectivity index (χ0) is 17.3. The highest BCUT2D eigenvalue weighted by Gasteiger charge is 2.64. The summed E-state index contributed by atoms with van der Waals surface area (Å²) in [4.78, 5) is 24.5. The van der Waals surface area contributed by atoms with E-state index in [-0.39, 0.29) is 34.4 Å². The van der Waals surface area contributed by atoms with Gasteiger partial charge in [0.2, 0.25) is 0 Å². The Labute approximate surface area is 142 Å². The minimum Gasteiger partial charge on any atom is -0.411 e. The van der Waals surface area contributed by atoms with Gasteiger partial charge in [0.05, 0.1) is 11.8 Å². The van der Waals surface area contributed by atoms with Crippen LogP contribution in [0.15, 0.2) is 5.16 Å². The minimum absolute atomic E-state index is 0.0319. The molecule has 4 rings (SSSR count). The van der Waals surface area contributed by atoms with E-state index < -0.39 is 6.10 Å². The Morgan fingerprint density at radius 2 is 1.83 bits per heavy atom. The number of Topliss-reactive ketones (excluding diaryl/α,β-unsaturated/α-hetero) is 2. The zero-order valence-corrected chi connectivity index (χ0v) is 14.5. The van der Waals surface area contributed by atoms with Crippen molar-refractivity contribution in [1.29, 1.82) is 0 Å². The maximum absolute atomic E-state index is 12.5. The predicted octanol–water partition coefficient (Wildman–Crippen LogP) is 2.58. The molecule has 24 heavy (non-hydrogen) atoms. The Bertz CT molecular complexity index is 629. The van der Waals surface area contributed by atoms with Gasteiger partial charge in [0.25, 0.3) is 0 Å². The van der Waals surface area contributed by atoms with Crippen molar-refractivity contribution < 1.29 is 19.9 Å². The van der Waals surface area contributed by atoms with E-state index in [4.69, 9.17) is 0 Å². The summed E-state index contributed by atoms with van der Waals surface area (Å²) in [6.45, 7) is 4.27. The van der Waals surface area contributed by atoms with Gasteiger partial charge in [-0.05, 0) is 48.9 Å². The molecule has 0 aromatic rings. The molecule has 2 N–H and O–H groups in total. The van der Waals surface area contributed by atoms with Crippen LogP contribution in [0.3, 0.4) is 0 Å². The summed E-state index contributed by atoms with van der Waals surface area (Å²) in [5, 5.41) is 24.1. The number of ketones is 2. The molecule has 4 aliphatic rings. The fourth-order valence-corrected chi connectivity index (χ4v) is 6.74. The van der Waals surface area contributed by atoms with Crippen molar-refractivity contribution in [2.75, 3.05) is 0 Å². The van der Waals surface area contributed by atoms with Crippen LogP contribution < -0.4 is 0 Å². The molecule has 1 unspecified atom stereocenters. The lowest BCUT2D eigenvalue weighted by molar-refractivity contribution is -0.143. The van der Waals surface area contributed by atoms with Crippen molar-refractivity contribution >= 4 is 17.3 Å². The van der Waals surface area contributed by atoms with Gasteiger partial charge in [-0.15, -0.1) is 0 Å². The van der Waals surface area contributed by atoms with Crippen LogP contribution >= 0.6 is 0 Å². The molecule has 7 atom stereocenters. The van der Waals surface area contributed by atoms with Crippen molar-refractivity contribution in [1.82, 2.24) is 0 Å². The molecule has 0 amide bonds. The van der Waals surface area contributed by atoms with E-state index in [0.29, 0.717) is 36.7 Å². The summed E-state index contributed by atoms with van der Waals surface area (Å²) in [5.41, 5.74) is -0.0710. The van der Waals surface area contributed by atoms with Gasteiger partial charge >= 0.3 is 0 Å². The summed E-state index contributed by atoms with van der Waals surface area (Å²) in [7, 11) is 0. The number of hydrogen-bond donors (Lipinski definition) is 2. The van der Waals surface area contributed by atoms with Crippen molar-refractivity contribution in [2.45, 2.75) is 64.9 Å². The van der Waals surface area contributed by atoms with E-state index in [1.54, 1.807) is 0 Å². The molecule has 4 saturated carbocycles. The molecule has 0 spiro atoms. The normalized spacial score (nSPS) is 52.8. The Morgan fingerprint density at radius 1 is 1.08 bits per heavy atom. The van der Waals surface area contributed by atoms with Crippen LogP contribution in [-0.4, -0.2) is 33.7 Å². The topological polar surface area (TPSA) is 87.0 Å². The number of hydrogen-bond acceptors (Lipinski definition) is 5. The van der Waals surface area contributed by atoms with Crippen LogP contribution in [0, 0.1) is 34.5 Å². The average molecular weight is 333 g/mol. The molecule has 5 heteroatoms. The van der Waals surface area contributed by atoms with Crippen LogP contribution in [0.1, 0.15) is 58.8 Å². The Morgan fingerprint density at radius 3 is 2.54 bits per heavy atom. The van der Waals surface area contributed by atoms with E-state index in [0.717, 1.165) is 25.7 Å². The quantitative estimate of drug-likeness (QED) is 0.527. The Hall–Kier alpha value is -1.23. The lowest BCUT2D eigenvalue weighted by Crippen LogP contribution is -2.62. The van der Waals surface area contributed by atoms with Crippen LogP contribution in [0.25, 0.3) is 0 Å². The van der Waals surface area contributed by atoms with E-state index in [1.165, 1.54) is 0 Å². The summed E-state index contributed by atoms with van der Waals surface area (Å²) in [5.74, 6) is 0.774. The molecule has 132 valence electrons. The van der Waals surface area contributed by atoms with Gasteiger partial charge < -0.3 is 10.3 Å². The minimum atomic E-state index is -0.834. The van der Waals surface area contributed by atoms with E-state index >= 15 is 0 Å². The second-order valence-electron chi connectivity index (χ2n) is 8.98. The van der Waals surface area contributed by atoms with Crippen molar-refractivity contribution in [2.24, 2.45) is 39.7 Å². The van der Waals surface area contributed by atoms with Crippen molar-refractivity contribution in [3.8, 4) is 0 Å². The number of oxime groups is 1. The van der Waals surface area contributed by atoms with Gasteiger partial charge in [-0.1, -0.05) is 19.0 Å². The smallest absolute Gasteiger partial charge is 0.139 e. The monoisotopic (exact) mass is 333 g/mol. The lowest BCUT2D eigenvalue weighted by atomic mass is 9.44. The molecule has 0 saturated heterocycles. The fourth-order valence-electron chi connectivity index (χ4n) is 6.74. The molecule has 5 nitrogen and oxygen atoms in total. The molecule has 0 heterocycles. The third-order valence-corrected chi connectivity index (χ3v) is 8.20. The van der Waals surface area contributed by atoms with Crippen LogP contribution in [0.5, 0.6) is 0 Å². The van der Waals surface area contributed by atoms with Crippen molar-refractivity contribution in [3.63, 3.8) is 0 Å². The number of carbonyl (C=O) groups excluding carboxylic acids is 2. The zero-order valence-electron chi connectivity index (χ0n) is 14.5. The lowest BCUT2D eigenvalue weighted by Gasteiger charge is -2.60. The van der Waals surface area contributed by atoms with E-state index in [9.17, 15) is 19.9 Å². The standard InChI is InChI=1S/C19H27NO4/c1-18-7-5-10(21)9-13(18)16(20-24)17(23)15-11-3-4-14(22)19(11,2)8-6-12(15)18/h11-13,15,17,23-24H,3-9H2,1-2H3/b20-16-/t11-,12-,13?,15-,17-,18+,19-/m0/s1. The first-order chi connectivity index (χ1) is 11.3. The number of aliphatic hydroxyl groups excluding tert-OH is 1. The molecule has 0 aromatic carbocycles. The average Bonchev–Trinajstić information content (AvgIpc) is 2.85. The first-order valence-corrected chi connectivity index (χ1v) is 9.28. The molecule has 0 bridgehead atoms. The molecule has 0 aromatic heterocycles. The van der Waals surface area contributed by atoms with Crippen LogP contribution in [0.4, 0.5) is 0 Å². The van der Waals surface area contributed by atoms with Crippen LogP contribution in [0.2, 0.25) is 0 Å². The molecule has 0 radical (unpaired) electrons. The van der Waals surface area contributed by atoms with Gasteiger partial charge in [-0.3, -0.25) is 9.59 Å². The van der Waals surface area contributed by atoms with Gasteiger partial charge in [0.15, 0.2) is 0 Å².